The van der Waals surface area contributed by atoms with Crippen LogP contribution in [-0.4, -0.2) is 47.0 Å². The van der Waals surface area contributed by atoms with Crippen molar-refractivity contribution in [2.75, 3.05) is 19.6 Å². The van der Waals surface area contributed by atoms with E-state index in [4.69, 9.17) is 0 Å². The maximum atomic E-state index is 13.2. The summed E-state index contributed by atoms with van der Waals surface area (Å²) in [6.07, 6.45) is 2.09. The van der Waals surface area contributed by atoms with Crippen LogP contribution in [0.25, 0.3) is 11.0 Å². The monoisotopic (exact) mass is 444 g/mol. The highest BCUT2D eigenvalue weighted by molar-refractivity contribution is 7.89. The largest absolute Gasteiger partial charge is 0.355 e. The maximum absolute atomic E-state index is 13.2. The molecule has 1 aromatic heterocycles. The molecule has 0 unspecified atom stereocenters. The third-order valence-electron chi connectivity index (χ3n) is 5.46. The zero-order valence-electron chi connectivity index (χ0n) is 16.7. The number of hydrogen-bond donors (Lipinski definition) is 1. The molecule has 2 heterocycles. The molecule has 0 aliphatic carbocycles. The number of carbonyl (C=O) groups excluding carboxylic acids is 1. The molecule has 2 aromatic carbocycles. The summed E-state index contributed by atoms with van der Waals surface area (Å²) in [5.74, 6) is -0.435. The molecule has 1 atom stereocenters. The molecule has 9 heteroatoms. The standard InChI is InChI=1S/C21H24N4O3S2/c1-15-7-9-16(10-8-15)11-12-22-21(26)17-4-3-13-25(14-17)30(27,28)19-6-2-5-18-20(19)24-29-23-18/h2,5-10,17H,3-4,11-14H2,1H3,(H,22,26)/t17-/m0/s1. The fourth-order valence-corrected chi connectivity index (χ4v) is 6.01. The van der Waals surface area contributed by atoms with Crippen molar-refractivity contribution in [2.45, 2.75) is 31.1 Å². The minimum atomic E-state index is -3.74. The molecule has 158 valence electrons. The van der Waals surface area contributed by atoms with E-state index < -0.39 is 10.0 Å². The van der Waals surface area contributed by atoms with Gasteiger partial charge in [-0.1, -0.05) is 35.9 Å². The molecule has 1 fully saturated rings. The van der Waals surface area contributed by atoms with Crippen molar-refractivity contribution in [3.8, 4) is 0 Å². The van der Waals surface area contributed by atoms with E-state index in [1.807, 2.05) is 6.92 Å². The lowest BCUT2D eigenvalue weighted by molar-refractivity contribution is -0.126. The van der Waals surface area contributed by atoms with Crippen molar-refractivity contribution in [1.29, 1.82) is 0 Å². The Balaban J connectivity index is 1.40. The lowest BCUT2D eigenvalue weighted by Gasteiger charge is -2.31. The average Bonchev–Trinajstić information content (AvgIpc) is 3.24. The van der Waals surface area contributed by atoms with E-state index in [2.05, 4.69) is 38.3 Å². The average molecular weight is 445 g/mol. The molecule has 0 bridgehead atoms. The minimum Gasteiger partial charge on any atom is -0.355 e. The molecule has 0 saturated carbocycles. The lowest BCUT2D eigenvalue weighted by Crippen LogP contribution is -2.45. The van der Waals surface area contributed by atoms with Gasteiger partial charge in [0.15, 0.2) is 0 Å². The Labute approximate surface area is 180 Å². The summed E-state index contributed by atoms with van der Waals surface area (Å²) in [7, 11) is -3.74. The van der Waals surface area contributed by atoms with Crippen molar-refractivity contribution in [1.82, 2.24) is 18.4 Å². The first kappa shape index (κ1) is 20.9. The highest BCUT2D eigenvalue weighted by atomic mass is 32.2. The van der Waals surface area contributed by atoms with E-state index in [0.717, 1.165) is 18.1 Å². The van der Waals surface area contributed by atoms with Crippen molar-refractivity contribution < 1.29 is 13.2 Å². The smallest absolute Gasteiger partial charge is 0.245 e. The molecule has 7 nitrogen and oxygen atoms in total. The summed E-state index contributed by atoms with van der Waals surface area (Å²) >= 11 is 0.996. The third kappa shape index (κ3) is 4.38. The number of aromatic nitrogens is 2. The molecular weight excluding hydrogens is 420 g/mol. The minimum absolute atomic E-state index is 0.0875. The van der Waals surface area contributed by atoms with Gasteiger partial charge in [0.2, 0.25) is 15.9 Å². The Bertz CT molecular complexity index is 1140. The number of carbonyl (C=O) groups is 1. The number of nitrogens with one attached hydrogen (secondary N) is 1. The molecule has 1 N–H and O–H groups in total. The highest BCUT2D eigenvalue weighted by Crippen LogP contribution is 2.28. The zero-order valence-corrected chi connectivity index (χ0v) is 18.4. The van der Waals surface area contributed by atoms with Gasteiger partial charge in [0.25, 0.3) is 0 Å². The molecule has 1 aliphatic rings. The summed E-state index contributed by atoms with van der Waals surface area (Å²) in [5, 5.41) is 2.97. The summed E-state index contributed by atoms with van der Waals surface area (Å²) in [6.45, 7) is 3.17. The Morgan fingerprint density at radius 1 is 1.20 bits per heavy atom. The quantitative estimate of drug-likeness (QED) is 0.631. The third-order valence-corrected chi connectivity index (χ3v) is 7.89. The highest BCUT2D eigenvalue weighted by Gasteiger charge is 2.34. The molecule has 1 aliphatic heterocycles. The molecule has 1 saturated heterocycles. The van der Waals surface area contributed by atoms with Crippen LogP contribution >= 0.6 is 11.7 Å². The second-order valence-electron chi connectivity index (χ2n) is 7.62. The molecular formula is C21H24N4O3S2. The van der Waals surface area contributed by atoms with Crippen LogP contribution in [0.5, 0.6) is 0 Å². The molecule has 30 heavy (non-hydrogen) atoms. The van der Waals surface area contributed by atoms with Crippen LogP contribution in [0, 0.1) is 12.8 Å². The molecule has 0 spiro atoms. The Hall–Kier alpha value is -2.36. The lowest BCUT2D eigenvalue weighted by atomic mass is 9.98. The molecule has 1 amide bonds. The van der Waals surface area contributed by atoms with Gasteiger partial charge in [0.1, 0.15) is 15.9 Å². The topological polar surface area (TPSA) is 92.3 Å². The van der Waals surface area contributed by atoms with Gasteiger partial charge in [-0.25, -0.2) is 8.42 Å². The molecule has 0 radical (unpaired) electrons. The summed E-state index contributed by atoms with van der Waals surface area (Å²) in [5.41, 5.74) is 3.34. The van der Waals surface area contributed by atoms with Crippen molar-refractivity contribution in [3.05, 3.63) is 53.6 Å². The predicted molar refractivity (Wildman–Crippen MR) is 117 cm³/mol. The van der Waals surface area contributed by atoms with Crippen molar-refractivity contribution in [3.63, 3.8) is 0 Å². The number of benzene rings is 2. The normalized spacial score (nSPS) is 17.8. The summed E-state index contributed by atoms with van der Waals surface area (Å²) in [4.78, 5) is 12.8. The number of hydrogen-bond acceptors (Lipinski definition) is 6. The summed E-state index contributed by atoms with van der Waals surface area (Å²) < 4.78 is 36.1. The fraction of sp³-hybridized carbons (Fsp3) is 0.381. The van der Waals surface area contributed by atoms with Crippen molar-refractivity contribution in [2.24, 2.45) is 5.92 Å². The van der Waals surface area contributed by atoms with Crippen LogP contribution < -0.4 is 5.32 Å². The maximum Gasteiger partial charge on any atom is 0.245 e. The predicted octanol–water partition coefficient (Wildman–Crippen LogP) is 2.76. The van der Waals surface area contributed by atoms with Gasteiger partial charge in [-0.15, -0.1) is 0 Å². The van der Waals surface area contributed by atoms with E-state index in [9.17, 15) is 13.2 Å². The number of aryl methyl sites for hydroxylation is 1. The van der Waals surface area contributed by atoms with Gasteiger partial charge in [-0.05, 0) is 43.9 Å². The van der Waals surface area contributed by atoms with Gasteiger partial charge in [-0.2, -0.15) is 13.1 Å². The van der Waals surface area contributed by atoms with Gasteiger partial charge in [-0.3, -0.25) is 4.79 Å². The first-order valence-corrected chi connectivity index (χ1v) is 12.2. The van der Waals surface area contributed by atoms with E-state index >= 15 is 0 Å². The summed E-state index contributed by atoms with van der Waals surface area (Å²) in [6, 6.07) is 13.2. The number of piperidine rings is 1. The zero-order chi connectivity index (χ0) is 21.1. The van der Waals surface area contributed by atoms with E-state index in [1.165, 1.54) is 15.4 Å². The van der Waals surface area contributed by atoms with Gasteiger partial charge < -0.3 is 5.32 Å². The Kier molecular flexibility index (Phi) is 6.12. The van der Waals surface area contributed by atoms with Gasteiger partial charge >= 0.3 is 0 Å². The van der Waals surface area contributed by atoms with Gasteiger partial charge in [0.05, 0.1) is 17.6 Å². The van der Waals surface area contributed by atoms with Crippen LogP contribution in [0.15, 0.2) is 47.4 Å². The number of nitrogens with zero attached hydrogens (tertiary/aromatic N) is 3. The van der Waals surface area contributed by atoms with E-state index in [0.29, 0.717) is 37.0 Å². The van der Waals surface area contributed by atoms with Crippen LogP contribution in [0.4, 0.5) is 0 Å². The second-order valence-corrected chi connectivity index (χ2v) is 10.1. The number of sulfonamides is 1. The first-order chi connectivity index (χ1) is 14.4. The SMILES string of the molecule is Cc1ccc(CCNC(=O)[C@H]2CCCN(S(=O)(=O)c3cccc4nsnc34)C2)cc1. The number of rotatable bonds is 6. The van der Waals surface area contributed by atoms with Gasteiger partial charge in [0, 0.05) is 19.6 Å². The molecule has 3 aromatic rings. The fourth-order valence-electron chi connectivity index (χ4n) is 3.73. The van der Waals surface area contributed by atoms with Crippen molar-refractivity contribution >= 4 is 38.7 Å². The number of amides is 1. The second kappa shape index (κ2) is 8.79. The van der Waals surface area contributed by atoms with Crippen LogP contribution in [-0.2, 0) is 21.2 Å². The van der Waals surface area contributed by atoms with Crippen LogP contribution in [0.3, 0.4) is 0 Å². The van der Waals surface area contributed by atoms with Crippen LogP contribution in [0.2, 0.25) is 0 Å². The Morgan fingerprint density at radius 2 is 2.00 bits per heavy atom. The van der Waals surface area contributed by atoms with E-state index in [-0.39, 0.29) is 23.3 Å². The first-order valence-electron chi connectivity index (χ1n) is 10.00. The number of fused-ring (bicyclic) bond motifs is 1. The Morgan fingerprint density at radius 3 is 2.80 bits per heavy atom. The molecule has 4 rings (SSSR count). The van der Waals surface area contributed by atoms with Crippen LogP contribution in [0.1, 0.15) is 24.0 Å². The van der Waals surface area contributed by atoms with E-state index in [1.54, 1.807) is 18.2 Å².